The Morgan fingerprint density at radius 2 is 1.90 bits per heavy atom. The predicted molar refractivity (Wildman–Crippen MR) is 141 cm³/mol. The molecule has 1 atom stereocenters. The monoisotopic (exact) mass is 579 g/mol. The summed E-state index contributed by atoms with van der Waals surface area (Å²) in [5, 5.41) is 5.83. The molecule has 4 heterocycles. The van der Waals surface area contributed by atoms with E-state index in [1.54, 1.807) is 24.0 Å². The fourth-order valence-corrected chi connectivity index (χ4v) is 4.58. The van der Waals surface area contributed by atoms with E-state index in [9.17, 15) is 22.8 Å². The summed E-state index contributed by atoms with van der Waals surface area (Å²) in [6, 6.07) is 3.25. The maximum Gasteiger partial charge on any atom is 0.434 e. The molecule has 0 unspecified atom stereocenters. The number of ether oxygens (including phenoxy) is 2. The number of alkyl halides is 3. The molecule has 40 heavy (non-hydrogen) atoms. The zero-order chi connectivity index (χ0) is 29.1. The minimum Gasteiger partial charge on any atom is -0.477 e. The van der Waals surface area contributed by atoms with E-state index in [2.05, 4.69) is 30.0 Å². The summed E-state index contributed by atoms with van der Waals surface area (Å²) >= 11 is 0.965. The maximum absolute atomic E-state index is 13.0. The van der Waals surface area contributed by atoms with Crippen molar-refractivity contribution in [2.24, 2.45) is 5.92 Å². The largest absolute Gasteiger partial charge is 0.477 e. The molecular formula is C25H28F3N7O4S. The molecule has 1 fully saturated rings. The summed E-state index contributed by atoms with van der Waals surface area (Å²) in [4.78, 5) is 38.2. The van der Waals surface area contributed by atoms with Crippen LogP contribution in [0.5, 0.6) is 5.88 Å². The van der Waals surface area contributed by atoms with E-state index in [0.717, 1.165) is 24.2 Å². The number of halogens is 3. The van der Waals surface area contributed by atoms with Crippen LogP contribution < -0.4 is 15.4 Å². The summed E-state index contributed by atoms with van der Waals surface area (Å²) in [6.07, 6.45) is -1.17. The predicted octanol–water partition coefficient (Wildman–Crippen LogP) is 5.29. The zero-order valence-corrected chi connectivity index (χ0v) is 23.0. The molecule has 214 valence electrons. The van der Waals surface area contributed by atoms with Crippen molar-refractivity contribution in [3.05, 3.63) is 47.7 Å². The normalized spacial score (nSPS) is 15.6. The number of hydrogen-bond donors (Lipinski definition) is 2. The number of likely N-dealkylation sites (tertiary alicyclic amines) is 1. The third-order valence-corrected chi connectivity index (χ3v) is 6.53. The molecule has 0 aliphatic carbocycles. The molecule has 0 aromatic carbocycles. The van der Waals surface area contributed by atoms with E-state index in [0.29, 0.717) is 48.2 Å². The molecule has 1 aliphatic heterocycles. The molecule has 0 saturated carbocycles. The second kappa shape index (κ2) is 11.6. The molecule has 0 spiro atoms. The van der Waals surface area contributed by atoms with E-state index >= 15 is 0 Å². The zero-order valence-electron chi connectivity index (χ0n) is 22.2. The van der Waals surface area contributed by atoms with Crippen molar-refractivity contribution in [2.45, 2.75) is 45.9 Å². The van der Waals surface area contributed by atoms with Gasteiger partial charge in [-0.2, -0.15) is 17.5 Å². The van der Waals surface area contributed by atoms with Gasteiger partial charge in [0.1, 0.15) is 16.4 Å². The van der Waals surface area contributed by atoms with Gasteiger partial charge < -0.3 is 25.0 Å². The molecule has 0 bridgehead atoms. The Morgan fingerprint density at radius 1 is 1.12 bits per heavy atom. The van der Waals surface area contributed by atoms with E-state index in [1.807, 2.05) is 20.8 Å². The number of carbonyl (C=O) groups excluding carboxylic acids is 2. The SMILES string of the molecule is Cc1nsc(Nc2cnc(C(F)(F)F)cn2)c1C(=O)Nc1ccc(OC[C@H]2CCN(C(=O)OC(C)(C)C)C2)nc1. The van der Waals surface area contributed by atoms with Crippen molar-refractivity contribution in [1.29, 1.82) is 0 Å². The first-order valence-electron chi connectivity index (χ1n) is 12.3. The summed E-state index contributed by atoms with van der Waals surface area (Å²) in [5.74, 6) is 0.0518. The van der Waals surface area contributed by atoms with Gasteiger partial charge in [0.15, 0.2) is 5.69 Å². The van der Waals surface area contributed by atoms with Crippen LogP contribution in [0.1, 0.15) is 48.9 Å². The van der Waals surface area contributed by atoms with Crippen LogP contribution in [0.15, 0.2) is 30.7 Å². The van der Waals surface area contributed by atoms with Crippen molar-refractivity contribution >= 4 is 40.0 Å². The summed E-state index contributed by atoms with van der Waals surface area (Å²) in [6.45, 7) is 8.62. The maximum atomic E-state index is 13.0. The second-order valence-electron chi connectivity index (χ2n) is 10.1. The lowest BCUT2D eigenvalue weighted by atomic mass is 10.1. The Kier molecular flexibility index (Phi) is 8.42. The van der Waals surface area contributed by atoms with Gasteiger partial charge in [0.25, 0.3) is 5.91 Å². The number of hydrogen-bond acceptors (Lipinski definition) is 10. The smallest absolute Gasteiger partial charge is 0.434 e. The van der Waals surface area contributed by atoms with Gasteiger partial charge in [-0.3, -0.25) is 4.79 Å². The van der Waals surface area contributed by atoms with Crippen LogP contribution in [-0.4, -0.2) is 61.5 Å². The number of anilines is 3. The van der Waals surface area contributed by atoms with Crippen LogP contribution in [0.2, 0.25) is 0 Å². The van der Waals surface area contributed by atoms with Gasteiger partial charge >= 0.3 is 12.3 Å². The van der Waals surface area contributed by atoms with Gasteiger partial charge in [0, 0.05) is 25.1 Å². The first kappa shape index (κ1) is 29.0. The number of amides is 2. The Balaban J connectivity index is 1.30. The average molecular weight is 580 g/mol. The number of nitrogens with zero attached hydrogens (tertiary/aromatic N) is 5. The lowest BCUT2D eigenvalue weighted by molar-refractivity contribution is -0.141. The fourth-order valence-electron chi connectivity index (χ4n) is 3.78. The lowest BCUT2D eigenvalue weighted by Gasteiger charge is -2.24. The topological polar surface area (TPSA) is 131 Å². The van der Waals surface area contributed by atoms with E-state index in [-0.39, 0.29) is 23.4 Å². The third kappa shape index (κ3) is 7.55. The van der Waals surface area contributed by atoms with Crippen molar-refractivity contribution in [3.63, 3.8) is 0 Å². The molecule has 1 saturated heterocycles. The Morgan fingerprint density at radius 3 is 2.52 bits per heavy atom. The van der Waals surface area contributed by atoms with Gasteiger partial charge in [-0.1, -0.05) is 0 Å². The molecule has 1 aliphatic rings. The van der Waals surface area contributed by atoms with Crippen molar-refractivity contribution < 1.29 is 32.2 Å². The minimum absolute atomic E-state index is 0.0327. The minimum atomic E-state index is -4.61. The van der Waals surface area contributed by atoms with E-state index in [4.69, 9.17) is 9.47 Å². The van der Waals surface area contributed by atoms with Crippen molar-refractivity contribution in [2.75, 3.05) is 30.3 Å². The number of rotatable bonds is 7. The molecule has 3 aromatic heterocycles. The molecule has 0 radical (unpaired) electrons. The van der Waals surface area contributed by atoms with Gasteiger partial charge in [-0.05, 0) is 51.7 Å². The van der Waals surface area contributed by atoms with Crippen molar-refractivity contribution in [3.8, 4) is 5.88 Å². The van der Waals surface area contributed by atoms with Gasteiger partial charge in [-0.15, -0.1) is 0 Å². The molecule has 4 rings (SSSR count). The highest BCUT2D eigenvalue weighted by Gasteiger charge is 2.33. The van der Waals surface area contributed by atoms with Crippen LogP contribution >= 0.6 is 11.5 Å². The second-order valence-corrected chi connectivity index (χ2v) is 10.9. The quantitative estimate of drug-likeness (QED) is 0.383. The lowest BCUT2D eigenvalue weighted by Crippen LogP contribution is -2.35. The van der Waals surface area contributed by atoms with Crippen LogP contribution in [0, 0.1) is 12.8 Å². The highest BCUT2D eigenvalue weighted by Crippen LogP contribution is 2.30. The van der Waals surface area contributed by atoms with Crippen molar-refractivity contribution in [1.82, 2.24) is 24.2 Å². The Bertz CT molecular complexity index is 1340. The van der Waals surface area contributed by atoms with Crippen LogP contribution in [0.3, 0.4) is 0 Å². The Labute approximate surface area is 232 Å². The number of carbonyl (C=O) groups is 2. The standard InChI is InChI=1S/C25H28F3N7O4S/c1-14-20(22(40-34-14)33-18-11-29-17(10-30-18)25(26,27)28)21(36)32-16-5-6-19(31-9-16)38-13-15-7-8-35(12-15)23(37)39-24(2,3)4/h5-6,9-11,15H,7-8,12-13H2,1-4H3,(H,30,33)(H,32,36)/t15-/m0/s1. The summed E-state index contributed by atoms with van der Waals surface area (Å²) < 4.78 is 53.6. The number of aromatic nitrogens is 4. The highest BCUT2D eigenvalue weighted by molar-refractivity contribution is 7.10. The fraction of sp³-hybridized carbons (Fsp3) is 0.440. The molecule has 3 aromatic rings. The Hall–Kier alpha value is -4.01. The summed E-state index contributed by atoms with van der Waals surface area (Å²) in [5.41, 5.74) is -0.635. The van der Waals surface area contributed by atoms with Crippen LogP contribution in [-0.2, 0) is 10.9 Å². The summed E-state index contributed by atoms with van der Waals surface area (Å²) in [7, 11) is 0. The van der Waals surface area contributed by atoms with Gasteiger partial charge in [0.05, 0.1) is 42.1 Å². The first-order chi connectivity index (χ1) is 18.8. The van der Waals surface area contributed by atoms with Crippen LogP contribution in [0.25, 0.3) is 0 Å². The van der Waals surface area contributed by atoms with Gasteiger partial charge in [-0.25, -0.2) is 19.7 Å². The number of nitrogens with one attached hydrogen (secondary N) is 2. The van der Waals surface area contributed by atoms with Gasteiger partial charge in [0.2, 0.25) is 5.88 Å². The molecular weight excluding hydrogens is 551 g/mol. The molecule has 11 nitrogen and oxygen atoms in total. The molecule has 2 amide bonds. The number of pyridine rings is 1. The van der Waals surface area contributed by atoms with E-state index < -0.39 is 23.4 Å². The molecule has 2 N–H and O–H groups in total. The van der Waals surface area contributed by atoms with E-state index in [1.165, 1.54) is 6.20 Å². The third-order valence-electron chi connectivity index (χ3n) is 5.67. The molecule has 15 heteroatoms. The first-order valence-corrected chi connectivity index (χ1v) is 13.1. The highest BCUT2D eigenvalue weighted by atomic mass is 32.1. The number of aryl methyl sites for hydroxylation is 1. The average Bonchev–Trinajstić information content (AvgIpc) is 3.49. The van der Waals surface area contributed by atoms with Crippen LogP contribution in [0.4, 0.5) is 34.5 Å².